The average molecular weight is 240 g/mol. The van der Waals surface area contributed by atoms with E-state index in [4.69, 9.17) is 5.73 Å². The first-order chi connectivity index (χ1) is 7.97. The third-order valence-corrected chi connectivity index (χ3v) is 2.46. The topological polar surface area (TPSA) is 80.9 Å². The van der Waals surface area contributed by atoms with Crippen molar-refractivity contribution in [3.05, 3.63) is 17.8 Å². The summed E-state index contributed by atoms with van der Waals surface area (Å²) in [7, 11) is 0. The quantitative estimate of drug-likeness (QED) is 0.807. The van der Waals surface area contributed by atoms with Gasteiger partial charge in [-0.3, -0.25) is 4.79 Å². The van der Waals surface area contributed by atoms with Gasteiger partial charge in [-0.25, -0.2) is 14.4 Å². The molecule has 3 N–H and O–H groups in total. The van der Waals surface area contributed by atoms with Crippen LogP contribution in [0.4, 0.5) is 10.2 Å². The molecule has 0 aliphatic carbocycles. The van der Waals surface area contributed by atoms with E-state index < -0.39 is 17.8 Å². The number of aryl methyl sites for hydroxylation is 1. The van der Waals surface area contributed by atoms with E-state index in [0.717, 1.165) is 0 Å². The summed E-state index contributed by atoms with van der Waals surface area (Å²) >= 11 is 0. The molecular weight excluding hydrogens is 223 g/mol. The number of rotatable bonds is 5. The molecule has 1 atom stereocenters. The number of halogens is 1. The molecule has 1 aromatic rings. The molecule has 0 saturated heterocycles. The first kappa shape index (κ1) is 13.3. The van der Waals surface area contributed by atoms with Gasteiger partial charge in [0.1, 0.15) is 12.4 Å². The van der Waals surface area contributed by atoms with Gasteiger partial charge in [0, 0.05) is 0 Å². The van der Waals surface area contributed by atoms with Crippen molar-refractivity contribution in [3.63, 3.8) is 0 Å². The van der Waals surface area contributed by atoms with E-state index >= 15 is 0 Å². The number of amides is 1. The Hall–Kier alpha value is -1.72. The lowest BCUT2D eigenvalue weighted by Gasteiger charge is -2.19. The van der Waals surface area contributed by atoms with E-state index in [9.17, 15) is 9.18 Å². The van der Waals surface area contributed by atoms with Crippen LogP contribution < -0.4 is 11.1 Å². The molecule has 1 rings (SSSR count). The summed E-state index contributed by atoms with van der Waals surface area (Å²) < 4.78 is 13.8. The molecule has 1 unspecified atom stereocenters. The van der Waals surface area contributed by atoms with E-state index in [1.54, 1.807) is 6.92 Å². The predicted octanol–water partition coefficient (Wildman–Crippen LogP) is 1.10. The third kappa shape index (κ3) is 3.12. The van der Waals surface area contributed by atoms with Crippen LogP contribution in [0.25, 0.3) is 0 Å². The summed E-state index contributed by atoms with van der Waals surface area (Å²) in [6.45, 7) is 5.44. The van der Waals surface area contributed by atoms with Gasteiger partial charge in [0.05, 0.1) is 5.69 Å². The Balaban J connectivity index is 2.97. The molecule has 0 saturated carbocycles. The van der Waals surface area contributed by atoms with Gasteiger partial charge < -0.3 is 11.1 Å². The lowest BCUT2D eigenvalue weighted by atomic mass is 10.0. The molecule has 1 amide bonds. The van der Waals surface area contributed by atoms with Crippen molar-refractivity contribution < 1.29 is 9.18 Å². The molecule has 0 spiro atoms. The van der Waals surface area contributed by atoms with Crippen molar-refractivity contribution in [2.45, 2.75) is 33.2 Å². The summed E-state index contributed by atoms with van der Waals surface area (Å²) in [6, 6.07) is -0.649. The molecule has 1 aromatic heterocycles. The maximum atomic E-state index is 13.8. The molecule has 6 heteroatoms. The Morgan fingerprint density at radius 3 is 2.65 bits per heavy atom. The minimum atomic E-state index is -0.649. The lowest BCUT2D eigenvalue weighted by Crippen LogP contribution is -2.40. The van der Waals surface area contributed by atoms with Crippen molar-refractivity contribution in [3.8, 4) is 0 Å². The van der Waals surface area contributed by atoms with Gasteiger partial charge in [0.15, 0.2) is 11.6 Å². The molecule has 94 valence electrons. The van der Waals surface area contributed by atoms with Crippen LogP contribution in [-0.4, -0.2) is 21.9 Å². The molecule has 5 nitrogen and oxygen atoms in total. The molecule has 0 radical (unpaired) electrons. The maximum Gasteiger partial charge on any atom is 0.240 e. The minimum absolute atomic E-state index is 0.0225. The Labute approximate surface area is 99.6 Å². The first-order valence-electron chi connectivity index (χ1n) is 5.52. The zero-order chi connectivity index (χ0) is 13.0. The Morgan fingerprint density at radius 2 is 2.18 bits per heavy atom. The number of anilines is 1. The van der Waals surface area contributed by atoms with E-state index in [1.807, 2.05) is 13.8 Å². The van der Waals surface area contributed by atoms with Gasteiger partial charge in [-0.05, 0) is 12.3 Å². The summed E-state index contributed by atoms with van der Waals surface area (Å²) in [5, 5.41) is 2.72. The number of nitrogens with two attached hydrogens (primary N) is 1. The molecule has 0 aromatic carbocycles. The number of aromatic nitrogens is 2. The van der Waals surface area contributed by atoms with Crippen molar-refractivity contribution >= 4 is 11.7 Å². The number of primary amides is 1. The van der Waals surface area contributed by atoms with Gasteiger partial charge in [-0.2, -0.15) is 0 Å². The second kappa shape index (κ2) is 5.56. The highest BCUT2D eigenvalue weighted by Gasteiger charge is 2.22. The van der Waals surface area contributed by atoms with Gasteiger partial charge >= 0.3 is 0 Å². The number of nitrogens with one attached hydrogen (secondary N) is 1. The zero-order valence-corrected chi connectivity index (χ0v) is 10.2. The smallest absolute Gasteiger partial charge is 0.240 e. The van der Waals surface area contributed by atoms with Crippen LogP contribution in [0.2, 0.25) is 0 Å². The van der Waals surface area contributed by atoms with Crippen molar-refractivity contribution in [2.24, 2.45) is 11.7 Å². The number of carbonyl (C=O) groups excluding carboxylic acids is 1. The second-order valence-electron chi connectivity index (χ2n) is 4.10. The normalized spacial score (nSPS) is 12.5. The number of hydrogen-bond acceptors (Lipinski definition) is 4. The molecule has 1 heterocycles. The predicted molar refractivity (Wildman–Crippen MR) is 62.8 cm³/mol. The van der Waals surface area contributed by atoms with Crippen LogP contribution in [0.15, 0.2) is 6.33 Å². The van der Waals surface area contributed by atoms with Crippen molar-refractivity contribution in [2.75, 3.05) is 5.32 Å². The molecule has 0 aliphatic rings. The fraction of sp³-hybridized carbons (Fsp3) is 0.545. The van der Waals surface area contributed by atoms with Crippen molar-refractivity contribution in [1.29, 1.82) is 0 Å². The van der Waals surface area contributed by atoms with Gasteiger partial charge in [-0.15, -0.1) is 0 Å². The van der Waals surface area contributed by atoms with Gasteiger partial charge in [0.25, 0.3) is 0 Å². The Kier molecular flexibility index (Phi) is 4.37. The number of carbonyl (C=O) groups is 1. The monoisotopic (exact) mass is 240 g/mol. The average Bonchev–Trinajstić information content (AvgIpc) is 2.26. The van der Waals surface area contributed by atoms with Crippen molar-refractivity contribution in [1.82, 2.24) is 9.97 Å². The standard InChI is InChI=1S/C11H17FN4O/c1-4-7-8(12)11(15-5-14-7)16-9(6(2)3)10(13)17/h5-6,9H,4H2,1-3H3,(H2,13,17)(H,14,15,16). The van der Waals surface area contributed by atoms with E-state index in [2.05, 4.69) is 15.3 Å². The largest absolute Gasteiger partial charge is 0.368 e. The van der Waals surface area contributed by atoms with E-state index in [0.29, 0.717) is 12.1 Å². The summed E-state index contributed by atoms with van der Waals surface area (Å²) in [6.07, 6.45) is 1.73. The summed E-state index contributed by atoms with van der Waals surface area (Å²) in [5.41, 5.74) is 5.55. The van der Waals surface area contributed by atoms with Crippen LogP contribution >= 0.6 is 0 Å². The number of hydrogen-bond donors (Lipinski definition) is 2. The van der Waals surface area contributed by atoms with Crippen LogP contribution in [0.3, 0.4) is 0 Å². The zero-order valence-electron chi connectivity index (χ0n) is 10.2. The van der Waals surface area contributed by atoms with E-state index in [1.165, 1.54) is 6.33 Å². The lowest BCUT2D eigenvalue weighted by molar-refractivity contribution is -0.119. The Morgan fingerprint density at radius 1 is 1.53 bits per heavy atom. The fourth-order valence-electron chi connectivity index (χ4n) is 1.47. The third-order valence-electron chi connectivity index (χ3n) is 2.46. The van der Waals surface area contributed by atoms with Gasteiger partial charge in [-0.1, -0.05) is 20.8 Å². The minimum Gasteiger partial charge on any atom is -0.368 e. The van der Waals surface area contributed by atoms with E-state index in [-0.39, 0.29) is 11.7 Å². The summed E-state index contributed by atoms with van der Waals surface area (Å²) in [5.74, 6) is -1.08. The SMILES string of the molecule is CCc1ncnc(NC(C(N)=O)C(C)C)c1F. The van der Waals surface area contributed by atoms with Crippen LogP contribution in [0, 0.1) is 11.7 Å². The first-order valence-corrected chi connectivity index (χ1v) is 5.52. The molecular formula is C11H17FN4O. The molecule has 0 fully saturated rings. The molecule has 0 bridgehead atoms. The Bertz CT molecular complexity index is 408. The highest BCUT2D eigenvalue weighted by atomic mass is 19.1. The fourth-order valence-corrected chi connectivity index (χ4v) is 1.47. The summed E-state index contributed by atoms with van der Waals surface area (Å²) in [4.78, 5) is 18.8. The van der Waals surface area contributed by atoms with Gasteiger partial charge in [0.2, 0.25) is 5.91 Å². The number of nitrogens with zero attached hydrogens (tertiary/aromatic N) is 2. The second-order valence-corrected chi connectivity index (χ2v) is 4.10. The highest BCUT2D eigenvalue weighted by molar-refractivity contribution is 5.82. The molecule has 0 aliphatic heterocycles. The maximum absolute atomic E-state index is 13.8. The van der Waals surface area contributed by atoms with Crippen LogP contribution in [-0.2, 0) is 11.2 Å². The molecule has 17 heavy (non-hydrogen) atoms. The van der Waals surface area contributed by atoms with Crippen LogP contribution in [0.1, 0.15) is 26.5 Å². The van der Waals surface area contributed by atoms with Crippen LogP contribution in [0.5, 0.6) is 0 Å². The highest BCUT2D eigenvalue weighted by Crippen LogP contribution is 2.16.